The quantitative estimate of drug-likeness (QED) is 0.386. The third-order valence-electron chi connectivity index (χ3n) is 5.18. The number of halogens is 1. The molecule has 10 heteroatoms. The Kier molecular flexibility index (Phi) is 6.54. The van der Waals surface area contributed by atoms with Gasteiger partial charge in [-0.3, -0.25) is 4.68 Å². The molecule has 0 amide bonds. The molecule has 4 rings (SSSR count). The summed E-state index contributed by atoms with van der Waals surface area (Å²) in [5, 5.41) is 50.5. The maximum absolute atomic E-state index is 11.2. The smallest absolute Gasteiger partial charge is 0.191 e. The monoisotopic (exact) mass is 468 g/mol. The number of rotatable bonds is 2. The molecular formula is C23H21ClN4O5. The number of benzene rings is 1. The number of aryl methyl sites for hydroxylation is 1. The van der Waals surface area contributed by atoms with Crippen LogP contribution in [0, 0.1) is 23.7 Å². The minimum atomic E-state index is -2.22. The predicted octanol–water partition coefficient (Wildman–Crippen LogP) is -0.125. The standard InChI is InChI=1S/C23H21ClN4O5/c1-27-12-16(10-25-27)8-9-23(32)20(33-19(14-29)21(30)22(23)31)7-2-15-11-26-28(13-15)18-5-3-17(24)4-6-18/h3-6,10-13,19-22,29-32H,14H2,1H3/t19-,20-,21-,22+,23-/m1/s1. The van der Waals surface area contributed by atoms with Gasteiger partial charge in [-0.15, -0.1) is 0 Å². The Morgan fingerprint density at radius 2 is 1.79 bits per heavy atom. The summed E-state index contributed by atoms with van der Waals surface area (Å²) in [6.07, 6.45) is 0.565. The molecule has 1 fully saturated rings. The van der Waals surface area contributed by atoms with Crippen LogP contribution in [0.2, 0.25) is 5.02 Å². The van der Waals surface area contributed by atoms with Crippen LogP contribution in [-0.4, -0.2) is 76.6 Å². The topological polar surface area (TPSA) is 126 Å². The second kappa shape index (κ2) is 9.38. The van der Waals surface area contributed by atoms with Crippen LogP contribution in [0.1, 0.15) is 11.1 Å². The average Bonchev–Trinajstić information content (AvgIpc) is 3.45. The highest BCUT2D eigenvalue weighted by molar-refractivity contribution is 6.30. The molecule has 0 unspecified atom stereocenters. The molecule has 0 bridgehead atoms. The van der Waals surface area contributed by atoms with E-state index in [1.165, 1.54) is 17.1 Å². The van der Waals surface area contributed by atoms with E-state index in [2.05, 4.69) is 33.9 Å². The van der Waals surface area contributed by atoms with Crippen molar-refractivity contribution in [1.82, 2.24) is 19.6 Å². The number of ether oxygens (including phenoxy) is 1. The van der Waals surface area contributed by atoms with Gasteiger partial charge in [0.05, 0.1) is 35.8 Å². The molecule has 1 saturated heterocycles. The van der Waals surface area contributed by atoms with Crippen molar-refractivity contribution in [3.8, 4) is 29.4 Å². The first-order valence-corrected chi connectivity index (χ1v) is 10.4. The summed E-state index contributed by atoms with van der Waals surface area (Å²) >= 11 is 5.92. The van der Waals surface area contributed by atoms with Crippen LogP contribution >= 0.6 is 11.6 Å². The predicted molar refractivity (Wildman–Crippen MR) is 118 cm³/mol. The molecule has 5 atom stereocenters. The molecule has 3 heterocycles. The molecule has 3 aromatic rings. The first-order valence-electron chi connectivity index (χ1n) is 9.99. The lowest BCUT2D eigenvalue weighted by Gasteiger charge is -2.43. The van der Waals surface area contributed by atoms with Crippen molar-refractivity contribution >= 4 is 11.6 Å². The SMILES string of the molecule is Cn1cc(C#C[C@@]2(O)[C@@H](C#Cc3cnn(-c4ccc(Cl)cc4)c3)O[C@H](CO)[C@@H](O)[C@@H]2O)cn1. The Labute approximate surface area is 194 Å². The number of aliphatic hydroxyl groups is 4. The Hall–Kier alpha value is -3.15. The molecule has 9 nitrogen and oxygen atoms in total. The van der Waals surface area contributed by atoms with E-state index in [9.17, 15) is 20.4 Å². The fourth-order valence-electron chi connectivity index (χ4n) is 3.34. The molecule has 0 spiro atoms. The summed E-state index contributed by atoms with van der Waals surface area (Å²) in [7, 11) is 1.71. The Balaban J connectivity index is 1.65. The maximum atomic E-state index is 11.2. The first kappa shape index (κ1) is 23.0. The average molecular weight is 469 g/mol. The van der Waals surface area contributed by atoms with E-state index in [-0.39, 0.29) is 0 Å². The van der Waals surface area contributed by atoms with Crippen molar-refractivity contribution in [1.29, 1.82) is 0 Å². The van der Waals surface area contributed by atoms with Crippen molar-refractivity contribution in [3.63, 3.8) is 0 Å². The normalized spacial score (nSPS) is 26.7. The van der Waals surface area contributed by atoms with Crippen LogP contribution in [0.5, 0.6) is 0 Å². The molecule has 1 aliphatic rings. The van der Waals surface area contributed by atoms with Crippen molar-refractivity contribution in [2.75, 3.05) is 6.61 Å². The van der Waals surface area contributed by atoms with Gasteiger partial charge in [0.2, 0.25) is 0 Å². The molecule has 33 heavy (non-hydrogen) atoms. The Bertz CT molecular complexity index is 1250. The van der Waals surface area contributed by atoms with E-state index in [0.717, 1.165) is 5.69 Å². The second-order valence-corrected chi connectivity index (χ2v) is 8.01. The number of aliphatic hydroxyl groups excluding tert-OH is 3. The summed E-state index contributed by atoms with van der Waals surface area (Å²) in [6.45, 7) is -0.572. The Morgan fingerprint density at radius 1 is 1.09 bits per heavy atom. The van der Waals surface area contributed by atoms with Gasteiger partial charge < -0.3 is 25.2 Å². The molecule has 1 aliphatic heterocycles. The van der Waals surface area contributed by atoms with E-state index in [1.807, 2.05) is 0 Å². The fraction of sp³-hybridized carbons (Fsp3) is 0.304. The summed E-state index contributed by atoms with van der Waals surface area (Å²) in [5.41, 5.74) is -0.440. The van der Waals surface area contributed by atoms with Gasteiger partial charge in [0.1, 0.15) is 18.3 Å². The number of aromatic nitrogens is 4. The van der Waals surface area contributed by atoms with Crippen molar-refractivity contribution in [3.05, 3.63) is 65.2 Å². The summed E-state index contributed by atoms with van der Waals surface area (Å²) in [4.78, 5) is 0. The number of hydrogen-bond donors (Lipinski definition) is 4. The van der Waals surface area contributed by atoms with E-state index in [4.69, 9.17) is 16.3 Å². The lowest BCUT2D eigenvalue weighted by Crippen LogP contribution is -2.65. The maximum Gasteiger partial charge on any atom is 0.191 e. The molecule has 0 radical (unpaired) electrons. The molecule has 2 aromatic heterocycles. The Morgan fingerprint density at radius 3 is 2.45 bits per heavy atom. The molecule has 0 saturated carbocycles. The first-order chi connectivity index (χ1) is 15.8. The molecule has 170 valence electrons. The molecule has 1 aromatic carbocycles. The largest absolute Gasteiger partial charge is 0.394 e. The van der Waals surface area contributed by atoms with Gasteiger partial charge in [-0.05, 0) is 24.3 Å². The lowest BCUT2D eigenvalue weighted by atomic mass is 9.82. The highest BCUT2D eigenvalue weighted by atomic mass is 35.5. The van der Waals surface area contributed by atoms with E-state index in [0.29, 0.717) is 16.1 Å². The van der Waals surface area contributed by atoms with Crippen LogP contribution in [0.15, 0.2) is 49.1 Å². The zero-order valence-electron chi connectivity index (χ0n) is 17.5. The molecule has 0 aliphatic carbocycles. The fourth-order valence-corrected chi connectivity index (χ4v) is 3.47. The lowest BCUT2D eigenvalue weighted by molar-refractivity contribution is -0.239. The van der Waals surface area contributed by atoms with Gasteiger partial charge in [0, 0.05) is 24.5 Å². The zero-order chi connectivity index (χ0) is 23.6. The second-order valence-electron chi connectivity index (χ2n) is 7.57. The van der Waals surface area contributed by atoms with Crippen LogP contribution in [0.4, 0.5) is 0 Å². The van der Waals surface area contributed by atoms with Gasteiger partial charge in [-0.1, -0.05) is 35.3 Å². The summed E-state index contributed by atoms with van der Waals surface area (Å²) in [6, 6.07) is 7.07. The summed E-state index contributed by atoms with van der Waals surface area (Å²) in [5.74, 6) is 10.9. The highest BCUT2D eigenvalue weighted by Crippen LogP contribution is 2.30. The van der Waals surface area contributed by atoms with Crippen LogP contribution in [0.3, 0.4) is 0 Å². The third kappa shape index (κ3) is 4.80. The zero-order valence-corrected chi connectivity index (χ0v) is 18.3. The van der Waals surface area contributed by atoms with Crippen molar-refractivity contribution in [2.24, 2.45) is 7.05 Å². The minimum Gasteiger partial charge on any atom is -0.394 e. The van der Waals surface area contributed by atoms with Crippen LogP contribution < -0.4 is 0 Å². The summed E-state index contributed by atoms with van der Waals surface area (Å²) < 4.78 is 8.74. The third-order valence-corrected chi connectivity index (χ3v) is 5.43. The van der Waals surface area contributed by atoms with Gasteiger partial charge in [0.25, 0.3) is 0 Å². The van der Waals surface area contributed by atoms with Crippen molar-refractivity contribution in [2.45, 2.75) is 30.0 Å². The van der Waals surface area contributed by atoms with Crippen molar-refractivity contribution < 1.29 is 25.2 Å². The van der Waals surface area contributed by atoms with Gasteiger partial charge in [-0.2, -0.15) is 10.2 Å². The van der Waals surface area contributed by atoms with E-state index in [1.54, 1.807) is 48.4 Å². The van der Waals surface area contributed by atoms with Gasteiger partial charge in [0.15, 0.2) is 11.7 Å². The van der Waals surface area contributed by atoms with Gasteiger partial charge in [-0.25, -0.2) is 4.68 Å². The number of nitrogens with zero attached hydrogens (tertiary/aromatic N) is 4. The van der Waals surface area contributed by atoms with Gasteiger partial charge >= 0.3 is 0 Å². The molecule has 4 N–H and O–H groups in total. The van der Waals surface area contributed by atoms with Crippen LogP contribution in [-0.2, 0) is 11.8 Å². The molecular weight excluding hydrogens is 448 g/mol. The van der Waals surface area contributed by atoms with Crippen LogP contribution in [0.25, 0.3) is 5.69 Å². The van der Waals surface area contributed by atoms with E-state index >= 15 is 0 Å². The van der Waals surface area contributed by atoms with E-state index < -0.39 is 36.6 Å². The number of hydrogen-bond acceptors (Lipinski definition) is 7. The highest BCUT2D eigenvalue weighted by Gasteiger charge is 2.53. The minimum absolute atomic E-state index is 0.493.